The van der Waals surface area contributed by atoms with Crippen molar-refractivity contribution in [3.05, 3.63) is 16.9 Å². The summed E-state index contributed by atoms with van der Waals surface area (Å²) in [5.41, 5.74) is 0.882. The van der Waals surface area contributed by atoms with Gasteiger partial charge in [0.25, 0.3) is 0 Å². The van der Waals surface area contributed by atoms with Crippen molar-refractivity contribution in [2.45, 2.75) is 32.9 Å². The predicted octanol–water partition coefficient (Wildman–Crippen LogP) is 2.65. The first-order chi connectivity index (χ1) is 6.19. The summed E-state index contributed by atoms with van der Waals surface area (Å²) in [4.78, 5) is 0. The molecule has 0 saturated carbocycles. The van der Waals surface area contributed by atoms with Crippen molar-refractivity contribution in [2.75, 3.05) is 7.11 Å². The SMILES string of the molecule is CCC(C)n1nc(COC)cc1Cl. The van der Waals surface area contributed by atoms with Crippen LogP contribution in [0.4, 0.5) is 0 Å². The van der Waals surface area contributed by atoms with Gasteiger partial charge in [0, 0.05) is 13.2 Å². The van der Waals surface area contributed by atoms with Crippen LogP contribution in [0.15, 0.2) is 6.07 Å². The maximum absolute atomic E-state index is 6.00. The molecule has 1 aromatic heterocycles. The van der Waals surface area contributed by atoms with E-state index in [0.29, 0.717) is 17.8 Å². The standard InChI is InChI=1S/C9H15ClN2O/c1-4-7(2)12-9(10)5-8(11-12)6-13-3/h5,7H,4,6H2,1-3H3. The fourth-order valence-corrected chi connectivity index (χ4v) is 1.45. The summed E-state index contributed by atoms with van der Waals surface area (Å²) >= 11 is 6.00. The number of aromatic nitrogens is 2. The summed E-state index contributed by atoms with van der Waals surface area (Å²) in [6.07, 6.45) is 1.02. The van der Waals surface area contributed by atoms with E-state index in [1.807, 2.05) is 10.7 Å². The Hall–Kier alpha value is -0.540. The van der Waals surface area contributed by atoms with Crippen LogP contribution in [0.25, 0.3) is 0 Å². The molecule has 0 N–H and O–H groups in total. The lowest BCUT2D eigenvalue weighted by molar-refractivity contribution is 0.180. The van der Waals surface area contributed by atoms with Crippen LogP contribution in [0.3, 0.4) is 0 Å². The van der Waals surface area contributed by atoms with Gasteiger partial charge in [0.05, 0.1) is 18.3 Å². The highest BCUT2D eigenvalue weighted by Gasteiger charge is 2.09. The van der Waals surface area contributed by atoms with Gasteiger partial charge >= 0.3 is 0 Å². The van der Waals surface area contributed by atoms with Crippen molar-refractivity contribution in [3.8, 4) is 0 Å². The minimum absolute atomic E-state index is 0.345. The van der Waals surface area contributed by atoms with Crippen LogP contribution in [-0.2, 0) is 11.3 Å². The van der Waals surface area contributed by atoms with Crippen molar-refractivity contribution < 1.29 is 4.74 Å². The van der Waals surface area contributed by atoms with Crippen LogP contribution in [0.2, 0.25) is 5.15 Å². The molecule has 0 bridgehead atoms. The van der Waals surface area contributed by atoms with Gasteiger partial charge in [-0.15, -0.1) is 0 Å². The van der Waals surface area contributed by atoms with Crippen LogP contribution in [0.1, 0.15) is 32.0 Å². The molecule has 3 nitrogen and oxygen atoms in total. The highest BCUT2D eigenvalue weighted by molar-refractivity contribution is 6.29. The molecule has 1 atom stereocenters. The topological polar surface area (TPSA) is 27.1 Å². The molecule has 13 heavy (non-hydrogen) atoms. The first-order valence-corrected chi connectivity index (χ1v) is 4.79. The van der Waals surface area contributed by atoms with Crippen molar-refractivity contribution in [2.24, 2.45) is 0 Å². The van der Waals surface area contributed by atoms with Crippen molar-refractivity contribution in [1.29, 1.82) is 0 Å². The Kier molecular flexibility index (Phi) is 3.75. The van der Waals surface area contributed by atoms with Gasteiger partial charge in [-0.05, 0) is 13.3 Å². The molecular formula is C9H15ClN2O. The van der Waals surface area contributed by atoms with Crippen LogP contribution >= 0.6 is 11.6 Å². The predicted molar refractivity (Wildman–Crippen MR) is 53.0 cm³/mol. The van der Waals surface area contributed by atoms with Gasteiger partial charge in [0.2, 0.25) is 0 Å². The third kappa shape index (κ3) is 2.45. The van der Waals surface area contributed by atoms with Crippen molar-refractivity contribution in [1.82, 2.24) is 9.78 Å². The molecule has 0 aliphatic rings. The average molecular weight is 203 g/mol. The zero-order valence-electron chi connectivity index (χ0n) is 8.25. The number of nitrogens with zero attached hydrogens (tertiary/aromatic N) is 2. The molecule has 0 aromatic carbocycles. The summed E-state index contributed by atoms with van der Waals surface area (Å²) in [6, 6.07) is 2.19. The molecular weight excluding hydrogens is 188 g/mol. The quantitative estimate of drug-likeness (QED) is 0.751. The highest BCUT2D eigenvalue weighted by atomic mass is 35.5. The lowest BCUT2D eigenvalue weighted by atomic mass is 10.3. The Labute approximate surface area is 83.6 Å². The van der Waals surface area contributed by atoms with Gasteiger partial charge in [-0.2, -0.15) is 5.10 Å². The van der Waals surface area contributed by atoms with Crippen molar-refractivity contribution >= 4 is 11.6 Å². The molecule has 1 heterocycles. The summed E-state index contributed by atoms with van der Waals surface area (Å²) in [6.45, 7) is 4.72. The number of ether oxygens (including phenoxy) is 1. The molecule has 4 heteroatoms. The minimum atomic E-state index is 0.345. The first-order valence-electron chi connectivity index (χ1n) is 4.41. The molecule has 1 unspecified atom stereocenters. The Balaban J connectivity index is 2.82. The van der Waals surface area contributed by atoms with E-state index < -0.39 is 0 Å². The smallest absolute Gasteiger partial charge is 0.127 e. The van der Waals surface area contributed by atoms with Crippen LogP contribution < -0.4 is 0 Å². The van der Waals surface area contributed by atoms with E-state index in [1.165, 1.54) is 0 Å². The Bertz CT molecular complexity index is 273. The summed E-state index contributed by atoms with van der Waals surface area (Å²) in [7, 11) is 1.65. The molecule has 1 rings (SSSR count). The Morgan fingerprint density at radius 3 is 2.92 bits per heavy atom. The average Bonchev–Trinajstić information content (AvgIpc) is 2.46. The Morgan fingerprint density at radius 2 is 2.38 bits per heavy atom. The maximum Gasteiger partial charge on any atom is 0.127 e. The third-order valence-corrected chi connectivity index (χ3v) is 2.32. The van der Waals surface area contributed by atoms with Gasteiger partial charge in [-0.3, -0.25) is 4.68 Å². The van der Waals surface area contributed by atoms with E-state index in [1.54, 1.807) is 7.11 Å². The highest BCUT2D eigenvalue weighted by Crippen LogP contribution is 2.18. The lowest BCUT2D eigenvalue weighted by Crippen LogP contribution is -2.06. The molecule has 0 spiro atoms. The van der Waals surface area contributed by atoms with E-state index in [0.717, 1.165) is 12.1 Å². The summed E-state index contributed by atoms with van der Waals surface area (Å²) < 4.78 is 6.80. The lowest BCUT2D eigenvalue weighted by Gasteiger charge is -2.09. The molecule has 0 aliphatic heterocycles. The monoisotopic (exact) mass is 202 g/mol. The molecule has 0 fully saturated rings. The fraction of sp³-hybridized carbons (Fsp3) is 0.667. The number of hydrogen-bond donors (Lipinski definition) is 0. The molecule has 0 amide bonds. The minimum Gasteiger partial charge on any atom is -0.378 e. The van der Waals surface area contributed by atoms with Gasteiger partial charge in [-0.25, -0.2) is 0 Å². The molecule has 0 saturated heterocycles. The van der Waals surface area contributed by atoms with Gasteiger partial charge in [-0.1, -0.05) is 18.5 Å². The van der Waals surface area contributed by atoms with Crippen molar-refractivity contribution in [3.63, 3.8) is 0 Å². The molecule has 1 aromatic rings. The maximum atomic E-state index is 6.00. The van der Waals surface area contributed by atoms with Gasteiger partial charge in [0.15, 0.2) is 0 Å². The van der Waals surface area contributed by atoms with Crippen LogP contribution in [-0.4, -0.2) is 16.9 Å². The van der Waals surface area contributed by atoms with E-state index in [-0.39, 0.29) is 0 Å². The van der Waals surface area contributed by atoms with Gasteiger partial charge < -0.3 is 4.74 Å². The zero-order valence-corrected chi connectivity index (χ0v) is 9.01. The molecule has 0 aliphatic carbocycles. The van der Waals surface area contributed by atoms with E-state index in [2.05, 4.69) is 18.9 Å². The third-order valence-electron chi connectivity index (χ3n) is 2.04. The molecule has 74 valence electrons. The Morgan fingerprint density at radius 1 is 1.69 bits per heavy atom. The fourth-order valence-electron chi connectivity index (χ4n) is 1.12. The number of halogens is 1. The normalized spacial score (nSPS) is 13.2. The second-order valence-corrected chi connectivity index (χ2v) is 3.48. The van der Waals surface area contributed by atoms with Crippen LogP contribution in [0, 0.1) is 0 Å². The van der Waals surface area contributed by atoms with Crippen LogP contribution in [0.5, 0.6) is 0 Å². The van der Waals surface area contributed by atoms with Gasteiger partial charge in [0.1, 0.15) is 5.15 Å². The van der Waals surface area contributed by atoms with E-state index in [9.17, 15) is 0 Å². The van der Waals surface area contributed by atoms with E-state index >= 15 is 0 Å². The second kappa shape index (κ2) is 4.63. The van der Waals surface area contributed by atoms with E-state index in [4.69, 9.17) is 16.3 Å². The first kappa shape index (κ1) is 10.5. The number of hydrogen-bond acceptors (Lipinski definition) is 2. The zero-order chi connectivity index (χ0) is 9.84. The second-order valence-electron chi connectivity index (χ2n) is 3.09. The summed E-state index contributed by atoms with van der Waals surface area (Å²) in [5, 5.41) is 5.01. The summed E-state index contributed by atoms with van der Waals surface area (Å²) in [5.74, 6) is 0. The number of rotatable bonds is 4. The molecule has 0 radical (unpaired) electrons. The largest absolute Gasteiger partial charge is 0.378 e. The number of methoxy groups -OCH3 is 1.